The minimum absolute atomic E-state index is 0.405. The first-order valence-corrected chi connectivity index (χ1v) is 6.73. The maximum atomic E-state index is 11.8. The first-order chi connectivity index (χ1) is 8.69. The first-order valence-electron chi connectivity index (χ1n) is 6.30. The lowest BCUT2D eigenvalue weighted by Crippen LogP contribution is -2.48. The van der Waals surface area contributed by atoms with Gasteiger partial charge < -0.3 is 14.8 Å². The van der Waals surface area contributed by atoms with Gasteiger partial charge >= 0.3 is 12.2 Å². The van der Waals surface area contributed by atoms with Crippen LogP contribution in [0, 0.1) is 0 Å². The van der Waals surface area contributed by atoms with Crippen molar-refractivity contribution in [3.05, 3.63) is 0 Å². The van der Waals surface area contributed by atoms with E-state index in [0.717, 1.165) is 6.42 Å². The quantitative estimate of drug-likeness (QED) is 0.795. The van der Waals surface area contributed by atoms with Crippen molar-refractivity contribution in [3.8, 4) is 0 Å². The van der Waals surface area contributed by atoms with Crippen molar-refractivity contribution >= 4 is 23.8 Å². The molecule has 1 saturated heterocycles. The number of rotatable bonds is 2. The van der Waals surface area contributed by atoms with Crippen molar-refractivity contribution < 1.29 is 19.1 Å². The van der Waals surface area contributed by atoms with E-state index in [9.17, 15) is 9.59 Å². The second-order valence-electron chi connectivity index (χ2n) is 5.42. The summed E-state index contributed by atoms with van der Waals surface area (Å²) in [7, 11) is 0. The Hall–Kier alpha value is -1.17. The van der Waals surface area contributed by atoms with Gasteiger partial charge in [0.25, 0.3) is 0 Å². The summed E-state index contributed by atoms with van der Waals surface area (Å²) >= 11 is 5.61. The highest BCUT2D eigenvalue weighted by atomic mass is 35.5. The summed E-state index contributed by atoms with van der Waals surface area (Å²) in [5.74, 6) is 0. The van der Waals surface area contributed by atoms with Gasteiger partial charge in [0.05, 0.1) is 0 Å². The van der Waals surface area contributed by atoms with E-state index in [0.29, 0.717) is 13.0 Å². The van der Waals surface area contributed by atoms with Gasteiger partial charge in [-0.15, -0.1) is 0 Å². The van der Waals surface area contributed by atoms with Gasteiger partial charge in [-0.25, -0.2) is 9.59 Å². The summed E-state index contributed by atoms with van der Waals surface area (Å²) in [4.78, 5) is 24.9. The average molecular weight is 293 g/mol. The molecule has 0 spiro atoms. The van der Waals surface area contributed by atoms with E-state index in [4.69, 9.17) is 21.1 Å². The number of hydrogen-bond donors (Lipinski definition) is 1. The molecule has 1 aliphatic heterocycles. The fourth-order valence-corrected chi connectivity index (χ4v) is 1.86. The molecule has 1 rings (SSSR count). The standard InChI is InChI=1S/C12H21ClN2O4/c1-8(13)18-11(17)15-7-5-6-9(15)14-10(16)19-12(2,3)4/h8-9H,5-7H2,1-4H3,(H,14,16)/t8-,9?/m1/s1. The van der Waals surface area contributed by atoms with Gasteiger partial charge in [-0.1, -0.05) is 11.6 Å². The van der Waals surface area contributed by atoms with Gasteiger partial charge in [0.1, 0.15) is 11.8 Å². The average Bonchev–Trinajstić information content (AvgIpc) is 2.61. The van der Waals surface area contributed by atoms with E-state index < -0.39 is 29.5 Å². The van der Waals surface area contributed by atoms with Gasteiger partial charge in [0, 0.05) is 6.54 Å². The number of carbonyl (C=O) groups is 2. The Labute approximate surface area is 118 Å². The molecule has 0 aromatic rings. The number of ether oxygens (including phenoxy) is 2. The monoisotopic (exact) mass is 292 g/mol. The fourth-order valence-electron chi connectivity index (χ4n) is 1.79. The zero-order valence-corrected chi connectivity index (χ0v) is 12.5. The molecule has 6 nitrogen and oxygen atoms in total. The van der Waals surface area contributed by atoms with Crippen LogP contribution in [0.1, 0.15) is 40.5 Å². The third kappa shape index (κ3) is 5.55. The highest BCUT2D eigenvalue weighted by Gasteiger charge is 2.32. The molecule has 0 aromatic heterocycles. The van der Waals surface area contributed by atoms with Crippen LogP contribution in [-0.2, 0) is 9.47 Å². The molecule has 19 heavy (non-hydrogen) atoms. The summed E-state index contributed by atoms with van der Waals surface area (Å²) in [6.07, 6.45) is -0.00742. The summed E-state index contributed by atoms with van der Waals surface area (Å²) < 4.78 is 10.1. The van der Waals surface area contributed by atoms with Gasteiger partial charge in [-0.3, -0.25) is 4.90 Å². The molecule has 1 fully saturated rings. The van der Waals surface area contributed by atoms with Gasteiger partial charge in [0.15, 0.2) is 5.56 Å². The normalized spacial score (nSPS) is 20.9. The number of halogens is 1. The summed E-state index contributed by atoms with van der Waals surface area (Å²) in [5, 5.41) is 2.66. The molecular weight excluding hydrogens is 272 g/mol. The summed E-state index contributed by atoms with van der Waals surface area (Å²) in [6, 6.07) is 0. The first kappa shape index (κ1) is 15.9. The molecule has 2 amide bonds. The number of nitrogens with zero attached hydrogens (tertiary/aromatic N) is 1. The van der Waals surface area contributed by atoms with Gasteiger partial charge in [-0.2, -0.15) is 0 Å². The number of carbonyl (C=O) groups excluding carboxylic acids is 2. The fraction of sp³-hybridized carbons (Fsp3) is 0.833. The molecule has 1 heterocycles. The minimum Gasteiger partial charge on any atom is -0.444 e. The lowest BCUT2D eigenvalue weighted by Gasteiger charge is -2.27. The zero-order valence-electron chi connectivity index (χ0n) is 11.7. The van der Waals surface area contributed by atoms with Crippen LogP contribution in [0.5, 0.6) is 0 Å². The van der Waals surface area contributed by atoms with Gasteiger partial charge in [-0.05, 0) is 40.5 Å². The number of likely N-dealkylation sites (tertiary alicyclic amines) is 1. The minimum atomic E-state index is -0.699. The van der Waals surface area contributed by atoms with Gasteiger partial charge in [0.2, 0.25) is 0 Å². The number of hydrogen-bond acceptors (Lipinski definition) is 4. The van der Waals surface area contributed by atoms with Crippen LogP contribution >= 0.6 is 11.6 Å². The highest BCUT2D eigenvalue weighted by molar-refractivity contribution is 6.19. The van der Waals surface area contributed by atoms with Crippen LogP contribution in [0.25, 0.3) is 0 Å². The van der Waals surface area contributed by atoms with Crippen LogP contribution in [0.4, 0.5) is 9.59 Å². The third-order valence-electron chi connectivity index (χ3n) is 2.43. The Morgan fingerprint density at radius 1 is 1.42 bits per heavy atom. The molecule has 0 radical (unpaired) electrons. The maximum Gasteiger partial charge on any atom is 0.412 e. The Morgan fingerprint density at radius 3 is 2.58 bits per heavy atom. The molecule has 1 aliphatic rings. The summed E-state index contributed by atoms with van der Waals surface area (Å²) in [6.45, 7) is 7.43. The molecule has 0 saturated carbocycles. The molecule has 110 valence electrons. The van der Waals surface area contributed by atoms with Crippen LogP contribution in [0.3, 0.4) is 0 Å². The van der Waals surface area contributed by atoms with Crippen molar-refractivity contribution in [3.63, 3.8) is 0 Å². The van der Waals surface area contributed by atoms with Crippen LogP contribution in [0.2, 0.25) is 0 Å². The van der Waals surface area contributed by atoms with Crippen LogP contribution in [0.15, 0.2) is 0 Å². The topological polar surface area (TPSA) is 67.9 Å². The molecule has 1 N–H and O–H groups in total. The number of amides is 2. The molecule has 7 heteroatoms. The maximum absolute atomic E-state index is 11.8. The summed E-state index contributed by atoms with van der Waals surface area (Å²) in [5.41, 5.74) is -1.27. The second kappa shape index (κ2) is 6.32. The molecule has 0 bridgehead atoms. The van der Waals surface area contributed by atoms with E-state index in [1.54, 1.807) is 27.7 Å². The van der Waals surface area contributed by atoms with E-state index >= 15 is 0 Å². The number of nitrogens with one attached hydrogen (secondary N) is 1. The van der Waals surface area contributed by atoms with E-state index in [2.05, 4.69) is 5.32 Å². The molecule has 2 atom stereocenters. The van der Waals surface area contributed by atoms with E-state index in [-0.39, 0.29) is 0 Å². The number of alkyl halides is 1. The van der Waals surface area contributed by atoms with Crippen molar-refractivity contribution in [2.24, 2.45) is 0 Å². The Balaban J connectivity index is 2.52. The molecular formula is C12H21ClN2O4. The SMILES string of the molecule is C[C@H](Cl)OC(=O)N1CCCC1NC(=O)OC(C)(C)C. The second-order valence-corrected chi connectivity index (χ2v) is 6.04. The lowest BCUT2D eigenvalue weighted by atomic mass is 10.2. The molecule has 0 aliphatic carbocycles. The predicted molar refractivity (Wildman–Crippen MR) is 70.9 cm³/mol. The van der Waals surface area contributed by atoms with E-state index in [1.807, 2.05) is 0 Å². The number of alkyl carbamates (subject to hydrolysis) is 1. The van der Waals surface area contributed by atoms with Crippen LogP contribution in [-0.4, -0.2) is 41.0 Å². The Bertz CT molecular complexity index is 341. The van der Waals surface area contributed by atoms with E-state index in [1.165, 1.54) is 4.90 Å². The van der Waals surface area contributed by atoms with Crippen molar-refractivity contribution in [1.29, 1.82) is 0 Å². The highest BCUT2D eigenvalue weighted by Crippen LogP contribution is 2.18. The van der Waals surface area contributed by atoms with Crippen LogP contribution < -0.4 is 5.32 Å². The Morgan fingerprint density at radius 2 is 2.05 bits per heavy atom. The smallest absolute Gasteiger partial charge is 0.412 e. The predicted octanol–water partition coefficient (Wildman–Crippen LogP) is 2.65. The Kier molecular flexibility index (Phi) is 5.29. The molecule has 1 unspecified atom stereocenters. The zero-order chi connectivity index (χ0) is 14.6. The largest absolute Gasteiger partial charge is 0.444 e. The lowest BCUT2D eigenvalue weighted by molar-refractivity contribution is 0.0426. The van der Waals surface area contributed by atoms with Crippen molar-refractivity contribution in [1.82, 2.24) is 10.2 Å². The molecule has 0 aromatic carbocycles. The third-order valence-corrected chi connectivity index (χ3v) is 2.52. The van der Waals surface area contributed by atoms with Crippen molar-refractivity contribution in [2.45, 2.75) is 57.9 Å². The van der Waals surface area contributed by atoms with Crippen molar-refractivity contribution in [2.75, 3.05) is 6.54 Å².